The second-order valence-corrected chi connectivity index (χ2v) is 12.7. The molecule has 0 radical (unpaired) electrons. The van der Waals surface area contributed by atoms with Crippen molar-refractivity contribution in [1.82, 2.24) is 10.1 Å². The van der Waals surface area contributed by atoms with Crippen LogP contribution in [-0.4, -0.2) is 39.4 Å². The highest BCUT2D eigenvalue weighted by molar-refractivity contribution is 7.22. The quantitative estimate of drug-likeness (QED) is 0.261. The third-order valence-electron chi connectivity index (χ3n) is 9.16. The second-order valence-electron chi connectivity index (χ2n) is 11.7. The van der Waals surface area contributed by atoms with Crippen LogP contribution in [0.25, 0.3) is 10.2 Å². The lowest BCUT2D eigenvalue weighted by molar-refractivity contribution is 0.0142. The van der Waals surface area contributed by atoms with Crippen LogP contribution in [0.1, 0.15) is 95.6 Å². The molecule has 2 aliphatic carbocycles. The fourth-order valence-electron chi connectivity index (χ4n) is 6.94. The van der Waals surface area contributed by atoms with Crippen LogP contribution in [0, 0.1) is 0 Å². The topological polar surface area (TPSA) is 88.7 Å². The van der Waals surface area contributed by atoms with E-state index < -0.39 is 5.97 Å². The van der Waals surface area contributed by atoms with Crippen molar-refractivity contribution in [3.8, 4) is 0 Å². The lowest BCUT2D eigenvalue weighted by atomic mass is 10.00. The third kappa shape index (κ3) is 4.25. The molecule has 4 aromatic rings. The maximum atomic E-state index is 11.4. The molecule has 0 spiro atoms. The number of ether oxygens (including phenoxy) is 1. The smallest absolute Gasteiger partial charge is 0.335 e. The molecule has 4 fully saturated rings. The number of hydrogen-bond donors (Lipinski definition) is 1. The molecule has 1 N–H and O–H groups in total. The Balaban J connectivity index is 0.975. The van der Waals surface area contributed by atoms with E-state index in [2.05, 4.69) is 40.4 Å². The molecule has 2 aromatic carbocycles. The van der Waals surface area contributed by atoms with Gasteiger partial charge in [0.15, 0.2) is 5.13 Å². The molecule has 39 heavy (non-hydrogen) atoms. The minimum absolute atomic E-state index is 0.214. The van der Waals surface area contributed by atoms with Crippen LogP contribution in [0.5, 0.6) is 0 Å². The number of anilines is 1. The van der Waals surface area contributed by atoms with Crippen molar-refractivity contribution in [2.75, 3.05) is 4.90 Å². The van der Waals surface area contributed by atoms with Gasteiger partial charge < -0.3 is 19.3 Å². The van der Waals surface area contributed by atoms with E-state index in [9.17, 15) is 9.90 Å². The summed E-state index contributed by atoms with van der Waals surface area (Å²) in [6.07, 6.45) is 7.99. The molecule has 200 valence electrons. The van der Waals surface area contributed by atoms with E-state index >= 15 is 0 Å². The van der Waals surface area contributed by atoms with Gasteiger partial charge in [0.05, 0.1) is 34.2 Å². The van der Waals surface area contributed by atoms with Crippen LogP contribution in [-0.2, 0) is 11.3 Å². The Morgan fingerprint density at radius 1 is 1.03 bits per heavy atom. The predicted octanol–water partition coefficient (Wildman–Crippen LogP) is 6.85. The number of rotatable bonds is 8. The third-order valence-corrected chi connectivity index (χ3v) is 10.2. The lowest BCUT2D eigenvalue weighted by Crippen LogP contribution is -2.45. The summed E-state index contributed by atoms with van der Waals surface area (Å²) in [5.74, 6) is 1.64. The predicted molar refractivity (Wildman–Crippen MR) is 149 cm³/mol. The Labute approximate surface area is 230 Å². The van der Waals surface area contributed by atoms with Gasteiger partial charge in [0.1, 0.15) is 5.76 Å². The van der Waals surface area contributed by atoms with Gasteiger partial charge in [0, 0.05) is 29.5 Å². The van der Waals surface area contributed by atoms with Gasteiger partial charge in [-0.3, -0.25) is 0 Å². The molecule has 2 saturated carbocycles. The van der Waals surface area contributed by atoms with Gasteiger partial charge in [0.2, 0.25) is 0 Å². The first-order valence-corrected chi connectivity index (χ1v) is 15.0. The number of nitrogens with zero attached hydrogens (tertiary/aromatic N) is 3. The number of thiazole rings is 1. The minimum Gasteiger partial charge on any atom is -0.478 e. The van der Waals surface area contributed by atoms with Gasteiger partial charge in [-0.15, -0.1) is 0 Å². The van der Waals surface area contributed by atoms with Gasteiger partial charge in [-0.25, -0.2) is 9.78 Å². The molecule has 4 aliphatic rings. The molecule has 0 unspecified atom stereocenters. The number of carboxylic acids is 1. The highest BCUT2D eigenvalue weighted by atomic mass is 32.1. The maximum Gasteiger partial charge on any atom is 0.335 e. The number of carbonyl (C=O) groups is 1. The number of aromatic nitrogens is 2. The largest absolute Gasteiger partial charge is 0.478 e. The molecule has 8 heteroatoms. The summed E-state index contributed by atoms with van der Waals surface area (Å²) >= 11 is 1.61. The van der Waals surface area contributed by atoms with E-state index in [0.29, 0.717) is 42.0 Å². The Bertz CT molecular complexity index is 1530. The minimum atomic E-state index is -0.900. The summed E-state index contributed by atoms with van der Waals surface area (Å²) in [6.45, 7) is 0.589. The monoisotopic (exact) mass is 541 g/mol. The normalized spacial score (nSPS) is 27.8. The molecule has 2 bridgehead atoms. The van der Waals surface area contributed by atoms with Gasteiger partial charge in [-0.2, -0.15) is 0 Å². The second kappa shape index (κ2) is 9.17. The van der Waals surface area contributed by atoms with E-state index in [1.807, 2.05) is 6.07 Å². The molecule has 2 aliphatic heterocycles. The summed E-state index contributed by atoms with van der Waals surface area (Å²) in [6, 6.07) is 16.8. The molecular weight excluding hydrogens is 510 g/mol. The standard InChI is InChI=1S/C31H31N3O4S/c35-30(36)19-8-11-26-27(12-19)39-31(32-26)34-20-9-10-21(34)14-22(13-20)37-16-25-28(33-38-29(25)18-6-7-18)24-15-23(24)17-4-2-1-3-5-17/h1-5,8,11-12,18,20-24H,6-7,9-10,13-16H2,(H,35,36)/t20-,21+,22-,23-,24+/m1/s1. The van der Waals surface area contributed by atoms with Crippen LogP contribution in [0.3, 0.4) is 0 Å². The summed E-state index contributed by atoms with van der Waals surface area (Å²) in [5.41, 5.74) is 4.92. The van der Waals surface area contributed by atoms with Crippen molar-refractivity contribution in [2.45, 2.75) is 87.5 Å². The van der Waals surface area contributed by atoms with Crippen LogP contribution in [0.2, 0.25) is 0 Å². The fourth-order valence-corrected chi connectivity index (χ4v) is 8.08. The highest BCUT2D eigenvalue weighted by Gasteiger charge is 2.46. The van der Waals surface area contributed by atoms with Crippen molar-refractivity contribution >= 4 is 32.7 Å². The van der Waals surface area contributed by atoms with E-state index in [4.69, 9.17) is 14.2 Å². The maximum absolute atomic E-state index is 11.4. The van der Waals surface area contributed by atoms with Crippen LogP contribution in [0.15, 0.2) is 53.1 Å². The van der Waals surface area contributed by atoms with Crippen LogP contribution < -0.4 is 4.90 Å². The van der Waals surface area contributed by atoms with Crippen LogP contribution in [0.4, 0.5) is 5.13 Å². The summed E-state index contributed by atoms with van der Waals surface area (Å²) < 4.78 is 13.5. The number of benzene rings is 2. The summed E-state index contributed by atoms with van der Waals surface area (Å²) in [7, 11) is 0. The first-order valence-electron chi connectivity index (χ1n) is 14.2. The average molecular weight is 542 g/mol. The van der Waals surface area contributed by atoms with Crippen molar-refractivity contribution in [1.29, 1.82) is 0 Å². The SMILES string of the molecule is O=C(O)c1ccc2nc(N3[C@@H]4CC[C@H]3C[C@H](OCc3c([C@H]5C[C@@H]5c5ccccc5)noc3C3CC3)C4)sc2c1. The summed E-state index contributed by atoms with van der Waals surface area (Å²) in [5, 5.41) is 15.0. The molecule has 8 rings (SSSR count). The van der Waals surface area contributed by atoms with Gasteiger partial charge >= 0.3 is 5.97 Å². The first-order chi connectivity index (χ1) is 19.1. The lowest BCUT2D eigenvalue weighted by Gasteiger charge is -2.38. The Kier molecular flexibility index (Phi) is 5.56. The number of aromatic carboxylic acids is 1. The molecule has 7 nitrogen and oxygen atoms in total. The van der Waals surface area contributed by atoms with E-state index in [-0.39, 0.29) is 6.10 Å². The number of carboxylic acid groups (broad SMARTS) is 1. The Morgan fingerprint density at radius 2 is 1.82 bits per heavy atom. The zero-order valence-corrected chi connectivity index (χ0v) is 22.5. The molecule has 4 heterocycles. The Hall–Kier alpha value is -3.23. The molecule has 5 atom stereocenters. The zero-order chi connectivity index (χ0) is 26.1. The average Bonchev–Trinajstić information content (AvgIpc) is 3.85. The molecular formula is C31H31N3O4S. The van der Waals surface area contributed by atoms with E-state index in [1.54, 1.807) is 23.5 Å². The first kappa shape index (κ1) is 23.6. The summed E-state index contributed by atoms with van der Waals surface area (Å²) in [4.78, 5) is 18.8. The van der Waals surface area contributed by atoms with Gasteiger partial charge in [0.25, 0.3) is 0 Å². The van der Waals surface area contributed by atoms with Gasteiger partial charge in [-0.1, -0.05) is 46.8 Å². The zero-order valence-electron chi connectivity index (χ0n) is 21.7. The van der Waals surface area contributed by atoms with Crippen molar-refractivity contribution in [3.05, 3.63) is 76.7 Å². The van der Waals surface area contributed by atoms with Gasteiger partial charge in [-0.05, 0) is 74.6 Å². The van der Waals surface area contributed by atoms with Crippen molar-refractivity contribution in [2.24, 2.45) is 0 Å². The molecule has 2 aromatic heterocycles. The molecule has 2 saturated heterocycles. The highest BCUT2D eigenvalue weighted by Crippen LogP contribution is 2.56. The fraction of sp³-hybridized carbons (Fsp3) is 0.452. The number of fused-ring (bicyclic) bond motifs is 3. The van der Waals surface area contributed by atoms with Crippen LogP contribution >= 0.6 is 11.3 Å². The van der Waals surface area contributed by atoms with E-state index in [0.717, 1.165) is 58.9 Å². The van der Waals surface area contributed by atoms with Crippen molar-refractivity contribution < 1.29 is 19.2 Å². The Morgan fingerprint density at radius 3 is 2.56 bits per heavy atom. The molecule has 0 amide bonds. The van der Waals surface area contributed by atoms with Crippen molar-refractivity contribution in [3.63, 3.8) is 0 Å². The number of piperidine rings is 1. The van der Waals surface area contributed by atoms with E-state index in [1.165, 1.54) is 24.0 Å². The number of hydrogen-bond acceptors (Lipinski definition) is 7.